The molecule has 21 heavy (non-hydrogen) atoms. The first-order chi connectivity index (χ1) is 10.1. The third-order valence-electron chi connectivity index (χ3n) is 4.49. The Hall–Kier alpha value is -0.790. The quantitative estimate of drug-likeness (QED) is 0.684. The molecular weight excluding hydrogens is 279 g/mol. The second-order valence-corrected chi connectivity index (χ2v) is 8.37. The normalized spacial score (nSPS) is 26.2. The van der Waals surface area contributed by atoms with Crippen LogP contribution in [-0.2, 0) is 4.52 Å². The summed E-state index contributed by atoms with van der Waals surface area (Å²) < 4.78 is 5.48. The highest BCUT2D eigenvalue weighted by molar-refractivity contribution is 7.61. The molecule has 1 fully saturated rings. The molecule has 0 amide bonds. The van der Waals surface area contributed by atoms with Gasteiger partial charge in [0.15, 0.2) is 0 Å². The fraction of sp³-hybridized carbons (Fsp3) is 0.647. The second kappa shape index (κ2) is 8.00. The van der Waals surface area contributed by atoms with Crippen molar-refractivity contribution in [1.82, 2.24) is 4.90 Å². The largest absolute Gasteiger partial charge is 0.399 e. The molecule has 0 spiro atoms. The van der Waals surface area contributed by atoms with E-state index in [9.17, 15) is 0 Å². The van der Waals surface area contributed by atoms with E-state index in [1.165, 1.54) is 31.0 Å². The molecule has 2 aliphatic heterocycles. The van der Waals surface area contributed by atoms with Gasteiger partial charge in [-0.15, -0.1) is 0 Å². The first-order valence-corrected chi connectivity index (χ1v) is 9.54. The predicted octanol–water partition coefficient (Wildman–Crippen LogP) is 4.18. The maximum absolute atomic E-state index is 5.86. The smallest absolute Gasteiger partial charge is 0.0398 e. The monoisotopic (exact) mass is 308 g/mol. The molecule has 2 rings (SSSR count). The van der Waals surface area contributed by atoms with Crippen molar-refractivity contribution in [3.8, 4) is 0 Å². The van der Waals surface area contributed by atoms with Crippen LogP contribution in [0.4, 0.5) is 0 Å². The van der Waals surface area contributed by atoms with E-state index < -0.39 is 0 Å². The van der Waals surface area contributed by atoms with Crippen LogP contribution in [0.5, 0.6) is 0 Å². The lowest BCUT2D eigenvalue weighted by atomic mass is 9.97. The van der Waals surface area contributed by atoms with E-state index in [2.05, 4.69) is 36.9 Å². The molecule has 3 atom stereocenters. The predicted molar refractivity (Wildman–Crippen MR) is 92.1 cm³/mol. The molecule has 2 aliphatic rings. The van der Waals surface area contributed by atoms with Crippen molar-refractivity contribution < 1.29 is 4.52 Å². The second-order valence-electron chi connectivity index (χ2n) is 6.08. The molecule has 0 bridgehead atoms. The van der Waals surface area contributed by atoms with Crippen LogP contribution in [0.25, 0.3) is 0 Å². The summed E-state index contributed by atoms with van der Waals surface area (Å²) in [6.07, 6.45) is 13.8. The van der Waals surface area contributed by atoms with Gasteiger partial charge < -0.3 is 15.2 Å². The van der Waals surface area contributed by atoms with Crippen molar-refractivity contribution in [2.24, 2.45) is 11.7 Å². The van der Waals surface area contributed by atoms with Gasteiger partial charge in [0.25, 0.3) is 0 Å². The van der Waals surface area contributed by atoms with Gasteiger partial charge in [0.2, 0.25) is 0 Å². The van der Waals surface area contributed by atoms with Crippen LogP contribution in [0, 0.1) is 5.92 Å². The molecule has 0 aliphatic carbocycles. The number of allylic oxidation sites excluding steroid dienone is 2. The average molecular weight is 308 g/mol. The molecule has 3 nitrogen and oxygen atoms in total. The summed E-state index contributed by atoms with van der Waals surface area (Å²) in [5, 5.41) is 0. The molecule has 0 aromatic carbocycles. The highest BCUT2D eigenvalue weighted by Crippen LogP contribution is 2.61. The van der Waals surface area contributed by atoms with Crippen LogP contribution in [0.1, 0.15) is 39.0 Å². The van der Waals surface area contributed by atoms with Gasteiger partial charge in [0.05, 0.1) is 0 Å². The van der Waals surface area contributed by atoms with Gasteiger partial charge >= 0.3 is 0 Å². The van der Waals surface area contributed by atoms with E-state index >= 15 is 0 Å². The van der Waals surface area contributed by atoms with Crippen LogP contribution < -0.4 is 5.73 Å². The Labute approximate surface area is 130 Å². The van der Waals surface area contributed by atoms with Crippen molar-refractivity contribution in [2.45, 2.75) is 44.7 Å². The summed E-state index contributed by atoms with van der Waals surface area (Å²) in [6, 6.07) is 0. The Bertz CT molecular complexity index is 419. The molecule has 2 N–H and O–H groups in total. The van der Waals surface area contributed by atoms with Crippen molar-refractivity contribution in [2.75, 3.05) is 19.8 Å². The fourth-order valence-electron chi connectivity index (χ4n) is 2.92. The van der Waals surface area contributed by atoms with Crippen molar-refractivity contribution >= 4 is 8.15 Å². The van der Waals surface area contributed by atoms with Gasteiger partial charge in [-0.25, -0.2) is 0 Å². The summed E-state index contributed by atoms with van der Waals surface area (Å²) in [7, 11) is 1.80. The Morgan fingerprint density at radius 3 is 3.05 bits per heavy atom. The van der Waals surface area contributed by atoms with E-state index in [1.807, 2.05) is 7.11 Å². The van der Waals surface area contributed by atoms with E-state index in [-0.39, 0.29) is 8.15 Å². The topological polar surface area (TPSA) is 38.5 Å². The molecule has 0 aromatic heterocycles. The van der Waals surface area contributed by atoms with Crippen molar-refractivity contribution in [3.05, 3.63) is 36.3 Å². The zero-order valence-electron chi connectivity index (χ0n) is 13.4. The number of hydrogen-bond acceptors (Lipinski definition) is 3. The first kappa shape index (κ1) is 16.6. The summed E-state index contributed by atoms with van der Waals surface area (Å²) in [4.78, 5) is 2.29. The third kappa shape index (κ3) is 5.16. The Morgan fingerprint density at radius 2 is 2.43 bits per heavy atom. The minimum absolute atomic E-state index is 0.0629. The van der Waals surface area contributed by atoms with Crippen LogP contribution in [0.2, 0.25) is 0 Å². The Kier molecular flexibility index (Phi) is 6.32. The van der Waals surface area contributed by atoms with E-state index in [0.717, 1.165) is 31.0 Å². The molecule has 4 heteroatoms. The maximum Gasteiger partial charge on any atom is 0.0398 e. The Balaban J connectivity index is 1.82. The zero-order valence-corrected chi connectivity index (χ0v) is 14.3. The molecule has 3 unspecified atom stereocenters. The number of nitrogens with two attached hydrogens (primary N) is 1. The lowest BCUT2D eigenvalue weighted by molar-refractivity contribution is 0.376. The summed E-state index contributed by atoms with van der Waals surface area (Å²) in [6.45, 7) is 7.26. The van der Waals surface area contributed by atoms with Crippen LogP contribution >= 0.6 is 8.15 Å². The molecule has 0 radical (unpaired) electrons. The minimum Gasteiger partial charge on any atom is -0.399 e. The van der Waals surface area contributed by atoms with Crippen LogP contribution in [-0.4, -0.2) is 30.4 Å². The SMILES string of the molecule is C=C(N)C1=CN(CCC(CC)CC2CP2OC)C=CCC1. The molecule has 0 aromatic rings. The number of nitrogens with zero attached hydrogens (tertiary/aromatic N) is 1. The standard InChI is InChI=1S/C17H29N2OP/c1-4-15(11-17-13-21(17)20-3)8-10-19-9-6-5-7-16(12-19)14(2)18/h6,9,12,15,17H,2,4-5,7-8,10-11,13,18H2,1,3H3. The highest BCUT2D eigenvalue weighted by Gasteiger charge is 2.38. The summed E-state index contributed by atoms with van der Waals surface area (Å²) in [5.74, 6) is 0.812. The van der Waals surface area contributed by atoms with Gasteiger partial charge in [-0.3, -0.25) is 0 Å². The molecule has 118 valence electrons. The Morgan fingerprint density at radius 1 is 1.62 bits per heavy atom. The molecule has 2 heterocycles. The third-order valence-corrected chi connectivity index (χ3v) is 6.50. The van der Waals surface area contributed by atoms with Gasteiger partial charge in [-0.1, -0.05) is 26.0 Å². The van der Waals surface area contributed by atoms with Gasteiger partial charge in [-0.2, -0.15) is 0 Å². The zero-order chi connectivity index (χ0) is 15.2. The maximum atomic E-state index is 5.86. The van der Waals surface area contributed by atoms with E-state index in [1.54, 1.807) is 0 Å². The van der Waals surface area contributed by atoms with Gasteiger partial charge in [0, 0.05) is 45.5 Å². The van der Waals surface area contributed by atoms with Crippen LogP contribution in [0.15, 0.2) is 36.3 Å². The van der Waals surface area contributed by atoms with Gasteiger partial charge in [-0.05, 0) is 43.4 Å². The summed E-state index contributed by atoms with van der Waals surface area (Å²) >= 11 is 0. The van der Waals surface area contributed by atoms with Crippen molar-refractivity contribution in [1.29, 1.82) is 0 Å². The summed E-state index contributed by atoms with van der Waals surface area (Å²) in [5.41, 5.74) is 8.61. The fourth-order valence-corrected chi connectivity index (χ4v) is 4.57. The van der Waals surface area contributed by atoms with E-state index in [0.29, 0.717) is 5.70 Å². The van der Waals surface area contributed by atoms with Crippen molar-refractivity contribution in [3.63, 3.8) is 0 Å². The van der Waals surface area contributed by atoms with Crippen LogP contribution in [0.3, 0.4) is 0 Å². The minimum atomic E-state index is -0.0629. The van der Waals surface area contributed by atoms with Gasteiger partial charge in [0.1, 0.15) is 0 Å². The lowest BCUT2D eigenvalue weighted by Crippen LogP contribution is -2.17. The molecule has 0 saturated carbocycles. The van der Waals surface area contributed by atoms with E-state index in [4.69, 9.17) is 10.3 Å². The molecular formula is C17H29N2OP. The molecule has 1 saturated heterocycles. The number of hydrogen-bond donors (Lipinski definition) is 1. The lowest BCUT2D eigenvalue weighted by Gasteiger charge is -2.21. The highest BCUT2D eigenvalue weighted by atomic mass is 31.2. The number of rotatable bonds is 8. The average Bonchev–Trinajstić information content (AvgIpc) is 3.25. The first-order valence-electron chi connectivity index (χ1n) is 8.02.